The molecule has 4 fully saturated rings. The van der Waals surface area contributed by atoms with Gasteiger partial charge in [-0.05, 0) is 96.8 Å². The van der Waals surface area contributed by atoms with Crippen LogP contribution >= 0.6 is 23.5 Å². The highest BCUT2D eigenvalue weighted by atomic mass is 32.2. The number of amides is 4. The van der Waals surface area contributed by atoms with E-state index in [1.54, 1.807) is 12.2 Å². The van der Waals surface area contributed by atoms with E-state index >= 15 is 0 Å². The third kappa shape index (κ3) is 11.8. The van der Waals surface area contributed by atoms with Gasteiger partial charge in [0.25, 0.3) is 22.3 Å². The molecule has 2 saturated heterocycles. The van der Waals surface area contributed by atoms with Gasteiger partial charge in [-0.1, -0.05) is 62.8 Å². The topological polar surface area (TPSA) is 135 Å². The normalized spacial score (nSPS) is 20.4. The first-order chi connectivity index (χ1) is 23.4. The van der Waals surface area contributed by atoms with E-state index in [2.05, 4.69) is 21.3 Å². The summed E-state index contributed by atoms with van der Waals surface area (Å²) in [6.45, 7) is 3.00. The molecule has 12 heteroatoms. The minimum atomic E-state index is -0.334. The summed E-state index contributed by atoms with van der Waals surface area (Å²) in [5.41, 5.74) is 1.74. The lowest BCUT2D eigenvalue weighted by atomic mass is 9.96. The van der Waals surface area contributed by atoms with E-state index in [4.69, 9.17) is 9.47 Å². The zero-order chi connectivity index (χ0) is 33.6. The summed E-state index contributed by atoms with van der Waals surface area (Å²) in [7, 11) is 0. The van der Waals surface area contributed by atoms with E-state index in [1.807, 2.05) is 48.5 Å². The van der Waals surface area contributed by atoms with Crippen LogP contribution in [0.15, 0.2) is 58.3 Å². The van der Waals surface area contributed by atoms with Gasteiger partial charge in [0, 0.05) is 25.2 Å². The molecule has 48 heavy (non-hydrogen) atoms. The lowest BCUT2D eigenvalue weighted by Crippen LogP contribution is -2.34. The fourth-order valence-electron chi connectivity index (χ4n) is 5.94. The number of carbonyl (C=O) groups excluding carboxylic acids is 4. The van der Waals surface area contributed by atoms with Gasteiger partial charge < -0.3 is 20.1 Å². The predicted octanol–water partition coefficient (Wildman–Crippen LogP) is 6.62. The second-order valence-corrected chi connectivity index (χ2v) is 14.1. The number of hydrogen-bond acceptors (Lipinski definition) is 10. The number of nitrogens with one attached hydrogen (secondary N) is 4. The molecule has 0 unspecified atom stereocenters. The number of benzene rings is 2. The Labute approximate surface area is 290 Å². The molecule has 2 aliphatic carbocycles. The minimum absolute atomic E-state index is 0.323. The second kappa shape index (κ2) is 18.8. The van der Waals surface area contributed by atoms with Crippen molar-refractivity contribution >= 4 is 58.0 Å². The standard InChI is InChI=1S/2C18H22N2O3S/c2*21-17-16(24-18(22)20-17)12-13-6-8-15(9-7-13)23-11-10-19-14-4-2-1-3-5-14/h2*6-9,12,14,19H,1-5,10-11H2,(H,20,21,22). The van der Waals surface area contributed by atoms with Crippen LogP contribution in [0, 0.1) is 0 Å². The van der Waals surface area contributed by atoms with Gasteiger partial charge in [-0.15, -0.1) is 0 Å². The van der Waals surface area contributed by atoms with Gasteiger partial charge in [-0.2, -0.15) is 0 Å². The van der Waals surface area contributed by atoms with Crippen molar-refractivity contribution in [3.8, 4) is 11.5 Å². The van der Waals surface area contributed by atoms with Crippen molar-refractivity contribution in [1.82, 2.24) is 21.3 Å². The summed E-state index contributed by atoms with van der Waals surface area (Å²) in [5.74, 6) is 0.947. The highest BCUT2D eigenvalue weighted by Gasteiger charge is 2.25. The molecule has 2 aromatic carbocycles. The Kier molecular flexibility index (Phi) is 14.0. The highest BCUT2D eigenvalue weighted by molar-refractivity contribution is 8.18. The molecule has 4 N–H and O–H groups in total. The van der Waals surface area contributed by atoms with Gasteiger partial charge in [0.05, 0.1) is 9.81 Å². The highest BCUT2D eigenvalue weighted by Crippen LogP contribution is 2.27. The Morgan fingerprint density at radius 2 is 0.958 bits per heavy atom. The molecule has 2 saturated carbocycles. The number of ether oxygens (including phenoxy) is 2. The first-order valence-corrected chi connectivity index (χ1v) is 18.5. The van der Waals surface area contributed by atoms with Crippen LogP contribution in [-0.4, -0.2) is 60.7 Å². The largest absolute Gasteiger partial charge is 0.492 e. The van der Waals surface area contributed by atoms with Crippen LogP contribution in [-0.2, 0) is 9.59 Å². The zero-order valence-electron chi connectivity index (χ0n) is 27.1. The molecule has 0 bridgehead atoms. The van der Waals surface area contributed by atoms with E-state index in [9.17, 15) is 19.2 Å². The van der Waals surface area contributed by atoms with Crippen molar-refractivity contribution in [1.29, 1.82) is 0 Å². The van der Waals surface area contributed by atoms with E-state index < -0.39 is 0 Å². The maximum Gasteiger partial charge on any atom is 0.290 e. The molecule has 0 spiro atoms. The van der Waals surface area contributed by atoms with Gasteiger partial charge in [0.1, 0.15) is 24.7 Å². The number of hydrogen-bond donors (Lipinski definition) is 4. The number of imide groups is 2. The molecule has 256 valence electrons. The van der Waals surface area contributed by atoms with Gasteiger partial charge in [-0.3, -0.25) is 29.8 Å². The molecule has 10 nitrogen and oxygen atoms in total. The zero-order valence-corrected chi connectivity index (χ0v) is 28.7. The molecule has 0 atom stereocenters. The lowest BCUT2D eigenvalue weighted by Gasteiger charge is -2.22. The molecular formula is C36H44N4O6S2. The first-order valence-electron chi connectivity index (χ1n) is 16.8. The van der Waals surface area contributed by atoms with Crippen LogP contribution in [0.3, 0.4) is 0 Å². The molecule has 6 rings (SSSR count). The molecule has 4 amide bonds. The molecule has 2 heterocycles. The van der Waals surface area contributed by atoms with Crippen molar-refractivity contribution in [3.05, 3.63) is 69.5 Å². The molecule has 2 aromatic rings. The van der Waals surface area contributed by atoms with Crippen molar-refractivity contribution in [2.45, 2.75) is 76.3 Å². The number of carbonyl (C=O) groups is 4. The quantitative estimate of drug-likeness (QED) is 0.142. The van der Waals surface area contributed by atoms with Crippen LogP contribution in [0.25, 0.3) is 12.2 Å². The summed E-state index contributed by atoms with van der Waals surface area (Å²) < 4.78 is 11.5. The summed E-state index contributed by atoms with van der Waals surface area (Å²) in [4.78, 5) is 46.1. The van der Waals surface area contributed by atoms with Crippen molar-refractivity contribution in [3.63, 3.8) is 0 Å². The average Bonchev–Trinajstić information content (AvgIpc) is 3.60. The van der Waals surface area contributed by atoms with Gasteiger partial charge in [0.2, 0.25) is 0 Å². The van der Waals surface area contributed by atoms with Crippen LogP contribution in [0.4, 0.5) is 9.59 Å². The summed E-state index contributed by atoms with van der Waals surface area (Å²) in [5, 5.41) is 10.9. The van der Waals surface area contributed by atoms with E-state index in [0.717, 1.165) is 59.2 Å². The van der Waals surface area contributed by atoms with E-state index in [0.29, 0.717) is 35.1 Å². The summed E-state index contributed by atoms with van der Waals surface area (Å²) in [6.07, 6.45) is 16.6. The first kappa shape index (κ1) is 35.7. The second-order valence-electron chi connectivity index (χ2n) is 12.1. The average molecular weight is 693 g/mol. The predicted molar refractivity (Wildman–Crippen MR) is 192 cm³/mol. The van der Waals surface area contributed by atoms with Gasteiger partial charge >= 0.3 is 0 Å². The Balaban J connectivity index is 0.000000188. The van der Waals surface area contributed by atoms with Crippen LogP contribution in [0.1, 0.15) is 75.3 Å². The fourth-order valence-corrected chi connectivity index (χ4v) is 7.31. The molecule has 0 radical (unpaired) electrons. The maximum atomic E-state index is 11.5. The fraction of sp³-hybridized carbons (Fsp3) is 0.444. The maximum absolute atomic E-state index is 11.5. The third-order valence-electron chi connectivity index (χ3n) is 8.46. The minimum Gasteiger partial charge on any atom is -0.492 e. The number of thioether (sulfide) groups is 2. The lowest BCUT2D eigenvalue weighted by molar-refractivity contribution is -0.116. The van der Waals surface area contributed by atoms with Crippen molar-refractivity contribution in [2.75, 3.05) is 26.3 Å². The van der Waals surface area contributed by atoms with Gasteiger partial charge in [0.15, 0.2) is 0 Å². The van der Waals surface area contributed by atoms with Gasteiger partial charge in [-0.25, -0.2) is 0 Å². The monoisotopic (exact) mass is 692 g/mol. The Morgan fingerprint density at radius 3 is 1.29 bits per heavy atom. The van der Waals surface area contributed by atoms with E-state index in [-0.39, 0.29) is 22.3 Å². The third-order valence-corrected chi connectivity index (χ3v) is 10.1. The molecule has 4 aliphatic rings. The van der Waals surface area contributed by atoms with Crippen molar-refractivity contribution in [2.24, 2.45) is 0 Å². The molecule has 2 aliphatic heterocycles. The molecular weight excluding hydrogens is 649 g/mol. The van der Waals surface area contributed by atoms with E-state index in [1.165, 1.54) is 64.2 Å². The summed E-state index contributed by atoms with van der Waals surface area (Å²) >= 11 is 1.85. The van der Waals surface area contributed by atoms with Crippen molar-refractivity contribution < 1.29 is 28.7 Å². The smallest absolute Gasteiger partial charge is 0.290 e. The Morgan fingerprint density at radius 1 is 0.583 bits per heavy atom. The molecule has 0 aromatic heterocycles. The SMILES string of the molecule is O=C1NC(=O)C(=Cc2ccc(OCCNC3CCCCC3)cc2)S1.O=C1NC(=O)C(=Cc2ccc(OCCNC3CCCCC3)cc2)S1. The summed E-state index contributed by atoms with van der Waals surface area (Å²) in [6, 6.07) is 16.3. The van der Waals surface area contributed by atoms with Crippen LogP contribution < -0.4 is 30.7 Å². The Bertz CT molecular complexity index is 1350. The number of rotatable bonds is 12. The van der Waals surface area contributed by atoms with Crippen LogP contribution in [0.5, 0.6) is 11.5 Å². The van der Waals surface area contributed by atoms with Crippen LogP contribution in [0.2, 0.25) is 0 Å². The Hall–Kier alpha value is -3.58.